The van der Waals surface area contributed by atoms with Crippen LogP contribution in [0.2, 0.25) is 0 Å². The van der Waals surface area contributed by atoms with Crippen molar-refractivity contribution in [3.63, 3.8) is 0 Å². The first-order valence-corrected chi connectivity index (χ1v) is 10.0. The third-order valence-electron chi connectivity index (χ3n) is 4.58. The first-order valence-electron chi connectivity index (χ1n) is 10.0. The predicted octanol–water partition coefficient (Wildman–Crippen LogP) is 3.19. The van der Waals surface area contributed by atoms with Crippen LogP contribution in [0, 0.1) is 5.92 Å². The molecule has 3 rings (SSSR count). The Morgan fingerprint density at radius 3 is 2.71 bits per heavy atom. The molecule has 28 heavy (non-hydrogen) atoms. The van der Waals surface area contributed by atoms with Crippen molar-refractivity contribution in [2.45, 2.75) is 32.9 Å². The molecule has 1 saturated carbocycles. The van der Waals surface area contributed by atoms with Crippen LogP contribution in [0.4, 0.5) is 5.82 Å². The molecule has 1 aromatic heterocycles. The third kappa shape index (κ3) is 6.15. The van der Waals surface area contributed by atoms with Crippen LogP contribution in [-0.4, -0.2) is 38.2 Å². The summed E-state index contributed by atoms with van der Waals surface area (Å²) >= 11 is 0. The second-order valence-corrected chi connectivity index (χ2v) is 7.29. The molecular weight excluding hydrogens is 350 g/mol. The van der Waals surface area contributed by atoms with Crippen LogP contribution >= 0.6 is 0 Å². The molecule has 0 amide bonds. The van der Waals surface area contributed by atoms with E-state index in [2.05, 4.69) is 28.6 Å². The van der Waals surface area contributed by atoms with Gasteiger partial charge in [0.1, 0.15) is 11.6 Å². The summed E-state index contributed by atoms with van der Waals surface area (Å²) in [5.74, 6) is 3.40. The van der Waals surface area contributed by atoms with Gasteiger partial charge in [-0.3, -0.25) is 0 Å². The number of ether oxygens (including phenoxy) is 1. The Balaban J connectivity index is 1.62. The van der Waals surface area contributed by atoms with Gasteiger partial charge >= 0.3 is 0 Å². The molecule has 1 aliphatic carbocycles. The normalized spacial score (nSPS) is 13.9. The number of hydrogen-bond donors (Lipinski definition) is 2. The minimum atomic E-state index is 0.571. The van der Waals surface area contributed by atoms with Crippen LogP contribution in [0.15, 0.2) is 47.5 Å². The highest BCUT2D eigenvalue weighted by Gasteiger charge is 2.22. The van der Waals surface area contributed by atoms with Crippen molar-refractivity contribution in [2.75, 3.05) is 32.1 Å². The lowest BCUT2D eigenvalue weighted by Gasteiger charge is -2.14. The highest BCUT2D eigenvalue weighted by atomic mass is 16.5. The van der Waals surface area contributed by atoms with Gasteiger partial charge in [0.15, 0.2) is 5.96 Å². The Bertz CT molecular complexity index is 786. The molecule has 0 saturated heterocycles. The van der Waals surface area contributed by atoms with E-state index in [4.69, 9.17) is 9.73 Å². The zero-order valence-electron chi connectivity index (χ0n) is 17.1. The highest BCUT2D eigenvalue weighted by molar-refractivity contribution is 5.79. The number of rotatable bonds is 9. The van der Waals surface area contributed by atoms with E-state index in [1.165, 1.54) is 12.8 Å². The summed E-state index contributed by atoms with van der Waals surface area (Å²) in [5.41, 5.74) is 2.08. The third-order valence-corrected chi connectivity index (χ3v) is 4.58. The van der Waals surface area contributed by atoms with E-state index in [9.17, 15) is 0 Å². The minimum absolute atomic E-state index is 0.571. The topological polar surface area (TPSA) is 61.8 Å². The quantitative estimate of drug-likeness (QED) is 0.516. The van der Waals surface area contributed by atoms with E-state index >= 15 is 0 Å². The average molecular weight is 382 g/mol. The Morgan fingerprint density at radius 1 is 1.14 bits per heavy atom. The van der Waals surface area contributed by atoms with Gasteiger partial charge in [0.05, 0.1) is 25.4 Å². The fraction of sp³-hybridized carbons (Fsp3) is 0.455. The number of hydrogen-bond acceptors (Lipinski definition) is 4. The molecule has 1 heterocycles. The molecule has 1 fully saturated rings. The Hall–Kier alpha value is -2.76. The Morgan fingerprint density at radius 2 is 1.96 bits per heavy atom. The van der Waals surface area contributed by atoms with E-state index < -0.39 is 0 Å². The number of nitrogens with one attached hydrogen (secondary N) is 2. The lowest BCUT2D eigenvalue weighted by molar-refractivity contribution is 0.297. The number of aromatic nitrogens is 1. The number of nitrogens with zero attached hydrogens (tertiary/aromatic N) is 3. The van der Waals surface area contributed by atoms with E-state index in [0.717, 1.165) is 47.9 Å². The largest absolute Gasteiger partial charge is 0.493 e. The highest BCUT2D eigenvalue weighted by Crippen LogP contribution is 2.30. The molecule has 6 nitrogen and oxygen atoms in total. The van der Waals surface area contributed by atoms with Gasteiger partial charge in [-0.2, -0.15) is 0 Å². The Labute approximate surface area is 168 Å². The second-order valence-electron chi connectivity index (χ2n) is 7.29. The zero-order chi connectivity index (χ0) is 19.8. The first kappa shape index (κ1) is 20.0. The van der Waals surface area contributed by atoms with Crippen molar-refractivity contribution in [1.29, 1.82) is 0 Å². The first-order chi connectivity index (χ1) is 13.7. The zero-order valence-corrected chi connectivity index (χ0v) is 17.1. The maximum absolute atomic E-state index is 5.99. The van der Waals surface area contributed by atoms with Gasteiger partial charge in [-0.05, 0) is 43.9 Å². The number of benzene rings is 1. The van der Waals surface area contributed by atoms with Gasteiger partial charge in [0.2, 0.25) is 0 Å². The molecule has 2 aromatic rings. The van der Waals surface area contributed by atoms with Gasteiger partial charge in [-0.15, -0.1) is 0 Å². The molecule has 0 atom stereocenters. The van der Waals surface area contributed by atoms with Gasteiger partial charge in [-0.25, -0.2) is 9.98 Å². The molecule has 0 spiro atoms. The van der Waals surface area contributed by atoms with Crippen molar-refractivity contribution in [3.8, 4) is 5.75 Å². The molecule has 1 aromatic carbocycles. The summed E-state index contributed by atoms with van der Waals surface area (Å²) in [6, 6.07) is 14.2. The molecule has 6 heteroatoms. The number of anilines is 1. The van der Waals surface area contributed by atoms with Crippen LogP contribution in [0.1, 0.15) is 31.0 Å². The van der Waals surface area contributed by atoms with Crippen LogP contribution in [0.3, 0.4) is 0 Å². The molecule has 0 bridgehead atoms. The van der Waals surface area contributed by atoms with Crippen molar-refractivity contribution >= 4 is 11.8 Å². The summed E-state index contributed by atoms with van der Waals surface area (Å²) in [6.45, 7) is 4.87. The lowest BCUT2D eigenvalue weighted by Crippen LogP contribution is -2.37. The van der Waals surface area contributed by atoms with Crippen molar-refractivity contribution in [1.82, 2.24) is 15.6 Å². The van der Waals surface area contributed by atoms with Crippen LogP contribution in [0.25, 0.3) is 0 Å². The predicted molar refractivity (Wildman–Crippen MR) is 115 cm³/mol. The Kier molecular flexibility index (Phi) is 7.12. The average Bonchev–Trinajstić information content (AvgIpc) is 3.54. The molecule has 150 valence electrons. The number of aliphatic imine (C=N–C) groups is 1. The van der Waals surface area contributed by atoms with Gasteiger partial charge < -0.3 is 20.3 Å². The fourth-order valence-corrected chi connectivity index (χ4v) is 2.76. The van der Waals surface area contributed by atoms with E-state index in [1.807, 2.05) is 55.4 Å². The maximum Gasteiger partial charge on any atom is 0.191 e. The monoisotopic (exact) mass is 381 g/mol. The standard InChI is InChI=1S/C22H31N5O/c1-4-23-22(25-15-19-9-7-11-21(26-19)27(2)3)24-14-18-8-5-6-10-20(18)28-16-17-12-13-17/h5-11,17H,4,12-16H2,1-3H3,(H2,23,24,25). The molecular formula is C22H31N5O. The van der Waals surface area contributed by atoms with Crippen molar-refractivity contribution in [3.05, 3.63) is 53.7 Å². The number of pyridine rings is 1. The van der Waals surface area contributed by atoms with E-state index in [-0.39, 0.29) is 0 Å². The fourth-order valence-electron chi connectivity index (χ4n) is 2.76. The van der Waals surface area contributed by atoms with Crippen molar-refractivity contribution in [2.24, 2.45) is 10.9 Å². The SMILES string of the molecule is CCNC(=NCc1ccccc1OCC1CC1)NCc1cccc(N(C)C)n1. The van der Waals surface area contributed by atoms with Crippen LogP contribution in [-0.2, 0) is 13.1 Å². The summed E-state index contributed by atoms with van der Waals surface area (Å²) in [5, 5.41) is 6.67. The maximum atomic E-state index is 5.99. The number of para-hydroxylation sites is 1. The summed E-state index contributed by atoms with van der Waals surface area (Å²) in [6.07, 6.45) is 2.58. The minimum Gasteiger partial charge on any atom is -0.493 e. The van der Waals surface area contributed by atoms with E-state index in [1.54, 1.807) is 0 Å². The molecule has 1 aliphatic rings. The summed E-state index contributed by atoms with van der Waals surface area (Å²) in [4.78, 5) is 11.4. The lowest BCUT2D eigenvalue weighted by atomic mass is 10.2. The van der Waals surface area contributed by atoms with Crippen LogP contribution < -0.4 is 20.3 Å². The smallest absolute Gasteiger partial charge is 0.191 e. The number of guanidine groups is 1. The van der Waals surface area contributed by atoms with Crippen LogP contribution in [0.5, 0.6) is 5.75 Å². The van der Waals surface area contributed by atoms with Gasteiger partial charge in [-0.1, -0.05) is 24.3 Å². The van der Waals surface area contributed by atoms with Crippen molar-refractivity contribution < 1.29 is 4.74 Å². The molecule has 0 unspecified atom stereocenters. The van der Waals surface area contributed by atoms with Gasteiger partial charge in [0, 0.05) is 26.2 Å². The molecule has 0 radical (unpaired) electrons. The summed E-state index contributed by atoms with van der Waals surface area (Å²) < 4.78 is 5.99. The van der Waals surface area contributed by atoms with E-state index in [0.29, 0.717) is 13.1 Å². The molecule has 2 N–H and O–H groups in total. The second kappa shape index (κ2) is 9.97. The van der Waals surface area contributed by atoms with Gasteiger partial charge in [0.25, 0.3) is 0 Å². The summed E-state index contributed by atoms with van der Waals surface area (Å²) in [7, 11) is 3.99. The molecule has 0 aliphatic heterocycles.